The number of benzene rings is 2. The molecule has 188 valence electrons. The Bertz CT molecular complexity index is 1600. The number of carbonyl (C=O) groups excluding carboxylic acids is 2. The summed E-state index contributed by atoms with van der Waals surface area (Å²) in [5, 5.41) is 5.78. The third kappa shape index (κ3) is 6.47. The van der Waals surface area contributed by atoms with Crippen molar-refractivity contribution in [3.05, 3.63) is 112 Å². The fourth-order valence-electron chi connectivity index (χ4n) is 3.27. The second-order valence-corrected chi connectivity index (χ2v) is 8.95. The van der Waals surface area contributed by atoms with E-state index in [0.29, 0.717) is 16.4 Å². The highest BCUT2D eigenvalue weighted by atomic mass is 35.5. The van der Waals surface area contributed by atoms with Gasteiger partial charge in [-0.1, -0.05) is 17.7 Å². The van der Waals surface area contributed by atoms with Crippen molar-refractivity contribution in [2.75, 3.05) is 17.7 Å². The topological polar surface area (TPSA) is 132 Å². The van der Waals surface area contributed by atoms with E-state index in [1.165, 1.54) is 54.3 Å². The van der Waals surface area contributed by atoms with E-state index in [0.717, 1.165) is 0 Å². The molecular weight excluding hydrogens is 518 g/mol. The number of aromatic nitrogens is 2. The Balaban J connectivity index is 1.62. The molecule has 4 aromatic rings. The monoisotopic (exact) mass is 537 g/mol. The van der Waals surface area contributed by atoms with Crippen LogP contribution in [0.25, 0.3) is 5.69 Å². The van der Waals surface area contributed by atoms with E-state index in [9.17, 15) is 18.6 Å². The van der Waals surface area contributed by atoms with E-state index >= 15 is 0 Å². The van der Waals surface area contributed by atoms with Crippen molar-refractivity contribution in [3.8, 4) is 5.69 Å². The van der Waals surface area contributed by atoms with Crippen molar-refractivity contribution in [1.82, 2.24) is 9.55 Å². The van der Waals surface area contributed by atoms with Crippen LogP contribution in [0.5, 0.6) is 0 Å². The minimum Gasteiger partial charge on any atom is -0.322 e. The van der Waals surface area contributed by atoms with Crippen LogP contribution >= 0.6 is 11.6 Å². The van der Waals surface area contributed by atoms with Crippen molar-refractivity contribution in [2.45, 2.75) is 0 Å². The molecule has 1 atom stereocenters. The van der Waals surface area contributed by atoms with Crippen LogP contribution in [-0.2, 0) is 15.1 Å². The quantitative estimate of drug-likeness (QED) is 0.302. The number of pyridine rings is 2. The molecule has 2 aromatic heterocycles. The number of amides is 2. The van der Waals surface area contributed by atoms with E-state index in [1.54, 1.807) is 42.6 Å². The number of hydrogen-bond donors (Lipinski definition) is 3. The van der Waals surface area contributed by atoms with Gasteiger partial charge in [-0.05, 0) is 60.7 Å². The molecule has 0 aliphatic rings. The minimum atomic E-state index is -2.32. The van der Waals surface area contributed by atoms with Crippen molar-refractivity contribution in [3.63, 3.8) is 0 Å². The first-order valence-electron chi connectivity index (χ1n) is 10.7. The van der Waals surface area contributed by atoms with Gasteiger partial charge < -0.3 is 10.6 Å². The van der Waals surface area contributed by atoms with Crippen LogP contribution in [0.1, 0.15) is 20.8 Å². The van der Waals surface area contributed by atoms with E-state index < -0.39 is 22.7 Å². The van der Waals surface area contributed by atoms with Gasteiger partial charge in [0.05, 0.1) is 29.1 Å². The number of thiol groups is 1. The molecule has 2 heterocycles. The Labute approximate surface area is 218 Å². The Morgan fingerprint density at radius 3 is 2.46 bits per heavy atom. The van der Waals surface area contributed by atoms with Gasteiger partial charge >= 0.3 is 0 Å². The van der Waals surface area contributed by atoms with Gasteiger partial charge in [-0.25, -0.2) is 9.19 Å². The summed E-state index contributed by atoms with van der Waals surface area (Å²) >= 11 is 5.83. The zero-order chi connectivity index (χ0) is 26.4. The first-order chi connectivity index (χ1) is 17.8. The molecule has 0 aliphatic carbocycles. The maximum Gasteiger partial charge on any atom is 0.274 e. The summed E-state index contributed by atoms with van der Waals surface area (Å²) in [6, 6.07) is 18.8. The minimum absolute atomic E-state index is 0.0615. The highest BCUT2D eigenvalue weighted by Crippen LogP contribution is 2.25. The fourth-order valence-corrected chi connectivity index (χ4v) is 3.77. The van der Waals surface area contributed by atoms with E-state index in [1.807, 2.05) is 0 Å². The number of carbonyl (C=O) groups is 2. The van der Waals surface area contributed by atoms with Gasteiger partial charge in [-0.3, -0.25) is 23.1 Å². The highest BCUT2D eigenvalue weighted by Gasteiger charge is 2.17. The smallest absolute Gasteiger partial charge is 0.274 e. The van der Waals surface area contributed by atoms with Gasteiger partial charge in [0.1, 0.15) is 5.69 Å². The van der Waals surface area contributed by atoms with Gasteiger partial charge in [0.2, 0.25) is 0 Å². The summed E-state index contributed by atoms with van der Waals surface area (Å²) in [5.41, 5.74) is 1.43. The van der Waals surface area contributed by atoms with E-state index in [-0.39, 0.29) is 28.2 Å². The molecule has 0 bridgehead atoms. The molecule has 37 heavy (non-hydrogen) atoms. The molecule has 0 fully saturated rings. The molecule has 2 N–H and O–H groups in total. The standard InChI is InChI=1S/C25H20ClN5O5S/c1-36-37(35)30-18-8-12-21(29-25(34)22-11-5-16(26)15-27-22)20(14-18)24(33)28-17-6-9-19(10-7-17)31-13-3-2-4-23(31)32/h2-15,37H,1H3,(H,28,33)(H,29,34). The molecule has 0 radical (unpaired) electrons. The highest BCUT2D eigenvalue weighted by molar-refractivity contribution is 7.69. The normalized spacial score (nSPS) is 11.6. The Hall–Kier alpha value is -4.32. The predicted octanol–water partition coefficient (Wildman–Crippen LogP) is 4.25. The molecule has 0 aliphatic heterocycles. The maximum absolute atomic E-state index is 13.2. The van der Waals surface area contributed by atoms with Crippen molar-refractivity contribution in [2.24, 2.45) is 4.36 Å². The Kier molecular flexibility index (Phi) is 8.08. The summed E-state index contributed by atoms with van der Waals surface area (Å²) in [6.45, 7) is 0. The largest absolute Gasteiger partial charge is 0.322 e. The van der Waals surface area contributed by atoms with Gasteiger partial charge in [-0.15, -0.1) is 0 Å². The lowest BCUT2D eigenvalue weighted by atomic mass is 10.1. The second kappa shape index (κ2) is 11.6. The first-order valence-corrected chi connectivity index (χ1v) is 12.2. The molecule has 0 saturated carbocycles. The first kappa shape index (κ1) is 25.8. The zero-order valence-electron chi connectivity index (χ0n) is 19.3. The average Bonchev–Trinajstić information content (AvgIpc) is 2.90. The Morgan fingerprint density at radius 1 is 1.00 bits per heavy atom. The van der Waals surface area contributed by atoms with Crippen molar-refractivity contribution in [1.29, 1.82) is 0 Å². The molecule has 2 aromatic carbocycles. The number of rotatable bonds is 7. The van der Waals surface area contributed by atoms with Gasteiger partial charge in [0.15, 0.2) is 10.9 Å². The maximum atomic E-state index is 13.2. The third-order valence-corrected chi connectivity index (χ3v) is 5.97. The third-order valence-electron chi connectivity index (χ3n) is 5.04. The lowest BCUT2D eigenvalue weighted by molar-refractivity contribution is 0.102. The van der Waals surface area contributed by atoms with Gasteiger partial charge in [0.25, 0.3) is 17.4 Å². The average molecular weight is 538 g/mol. The molecule has 2 amide bonds. The van der Waals surface area contributed by atoms with Crippen LogP contribution in [0.3, 0.4) is 0 Å². The SMILES string of the molecule is CO[SH](=O)=Nc1ccc(NC(=O)c2ccc(Cl)cn2)c(C(=O)Nc2ccc(-n3ccccc3=O)cc2)c1. The summed E-state index contributed by atoms with van der Waals surface area (Å²) in [7, 11) is -1.08. The lowest BCUT2D eigenvalue weighted by Crippen LogP contribution is -2.19. The number of anilines is 2. The molecule has 1 unspecified atom stereocenters. The Morgan fingerprint density at radius 2 is 1.78 bits per heavy atom. The van der Waals surface area contributed by atoms with Crippen LogP contribution in [0, 0.1) is 0 Å². The molecule has 0 spiro atoms. The van der Waals surface area contributed by atoms with Crippen molar-refractivity contribution >= 4 is 51.4 Å². The van der Waals surface area contributed by atoms with Gasteiger partial charge in [-0.2, -0.15) is 4.36 Å². The molecule has 10 nitrogen and oxygen atoms in total. The van der Waals surface area contributed by atoms with Crippen LogP contribution in [0.4, 0.5) is 17.1 Å². The number of nitrogens with zero attached hydrogens (tertiary/aromatic N) is 3. The summed E-state index contributed by atoms with van der Waals surface area (Å²) < 4.78 is 21.8. The molecule has 4 rings (SSSR count). The summed E-state index contributed by atoms with van der Waals surface area (Å²) in [6.07, 6.45) is 2.97. The van der Waals surface area contributed by atoms with Crippen LogP contribution in [-0.4, -0.2) is 32.7 Å². The van der Waals surface area contributed by atoms with Crippen LogP contribution < -0.4 is 16.2 Å². The van der Waals surface area contributed by atoms with E-state index in [4.69, 9.17) is 15.8 Å². The fraction of sp³-hybridized carbons (Fsp3) is 0.0400. The zero-order valence-corrected chi connectivity index (χ0v) is 20.9. The summed E-state index contributed by atoms with van der Waals surface area (Å²) in [5.74, 6) is -1.12. The van der Waals surface area contributed by atoms with Crippen LogP contribution in [0.2, 0.25) is 5.02 Å². The van der Waals surface area contributed by atoms with Gasteiger partial charge in [0, 0.05) is 29.8 Å². The van der Waals surface area contributed by atoms with Crippen LogP contribution in [0.15, 0.2) is 94.3 Å². The molecule has 12 heteroatoms. The number of halogens is 1. The second-order valence-electron chi connectivity index (χ2n) is 7.48. The van der Waals surface area contributed by atoms with Crippen molar-refractivity contribution < 1.29 is 18.0 Å². The molecule has 0 saturated heterocycles. The number of hydrogen-bond acceptors (Lipinski definition) is 7. The van der Waals surface area contributed by atoms with E-state index in [2.05, 4.69) is 20.0 Å². The summed E-state index contributed by atoms with van der Waals surface area (Å²) in [4.78, 5) is 42.0. The lowest BCUT2D eigenvalue weighted by Gasteiger charge is -2.13. The molecular formula is C25H20ClN5O5S. The number of nitrogens with one attached hydrogen (secondary N) is 2. The predicted molar refractivity (Wildman–Crippen MR) is 142 cm³/mol.